The Morgan fingerprint density at radius 2 is 1.97 bits per heavy atom. The van der Waals surface area contributed by atoms with E-state index in [0.717, 1.165) is 35.5 Å². The Kier molecular flexibility index (Phi) is 9.80. The molecule has 1 aromatic heterocycles. The third-order valence-corrected chi connectivity index (χ3v) is 7.04. The molecule has 178 valence electrons. The van der Waals surface area contributed by atoms with Gasteiger partial charge in [0, 0.05) is 17.7 Å². The van der Waals surface area contributed by atoms with Crippen LogP contribution in [0.25, 0.3) is 6.08 Å². The predicted octanol–water partition coefficient (Wildman–Crippen LogP) is 4.63. The summed E-state index contributed by atoms with van der Waals surface area (Å²) in [6, 6.07) is 0. The molecule has 0 saturated heterocycles. The van der Waals surface area contributed by atoms with E-state index in [2.05, 4.69) is 11.1 Å². The van der Waals surface area contributed by atoms with Crippen LogP contribution in [0, 0.1) is 18.3 Å². The largest absolute Gasteiger partial charge is 0.457 e. The van der Waals surface area contributed by atoms with Gasteiger partial charge in [-0.05, 0) is 44.8 Å². The fraction of sp³-hybridized carbons (Fsp3) is 0.640. The van der Waals surface area contributed by atoms with Crippen molar-refractivity contribution in [3.63, 3.8) is 0 Å². The van der Waals surface area contributed by atoms with E-state index in [1.54, 1.807) is 32.1 Å². The maximum absolute atomic E-state index is 13.0. The lowest BCUT2D eigenvalue weighted by molar-refractivity contribution is -0.153. The number of aryl methyl sites for hydroxylation is 1. The number of aromatic nitrogens is 1. The maximum atomic E-state index is 13.0. The molecule has 2 heterocycles. The van der Waals surface area contributed by atoms with Crippen LogP contribution in [0.1, 0.15) is 76.9 Å². The third kappa shape index (κ3) is 7.36. The van der Waals surface area contributed by atoms with E-state index >= 15 is 0 Å². The zero-order valence-electron chi connectivity index (χ0n) is 19.8. The quantitative estimate of drug-likeness (QED) is 0.490. The van der Waals surface area contributed by atoms with Crippen LogP contribution in [0.15, 0.2) is 23.1 Å². The fourth-order valence-corrected chi connectivity index (χ4v) is 4.42. The number of carbonyl (C=O) groups excluding carboxylic acids is 2. The van der Waals surface area contributed by atoms with Crippen molar-refractivity contribution >= 4 is 29.2 Å². The number of ether oxygens (including phenoxy) is 1. The van der Waals surface area contributed by atoms with E-state index in [4.69, 9.17) is 4.74 Å². The predicted molar refractivity (Wildman–Crippen MR) is 127 cm³/mol. The van der Waals surface area contributed by atoms with Crippen LogP contribution in [-0.2, 0) is 14.3 Å². The number of rotatable bonds is 2. The second kappa shape index (κ2) is 11.9. The highest BCUT2D eigenvalue weighted by atomic mass is 32.1. The van der Waals surface area contributed by atoms with Gasteiger partial charge in [0.05, 0.1) is 34.7 Å². The molecule has 0 saturated carbocycles. The minimum atomic E-state index is -1.20. The first-order valence-corrected chi connectivity index (χ1v) is 12.3. The van der Waals surface area contributed by atoms with Gasteiger partial charge < -0.3 is 14.9 Å². The van der Waals surface area contributed by atoms with Crippen molar-refractivity contribution in [3.8, 4) is 0 Å². The molecule has 32 heavy (non-hydrogen) atoms. The lowest BCUT2D eigenvalue weighted by Gasteiger charge is -2.33. The summed E-state index contributed by atoms with van der Waals surface area (Å²) in [7, 11) is 0. The number of cyclic esters (lactones) is 1. The molecular formula is C25H37NO5S. The van der Waals surface area contributed by atoms with Crippen LogP contribution in [0.2, 0.25) is 0 Å². The number of Topliss-reactive ketones (excluding diaryl/α,β-unsaturated/α-hetero) is 1. The Labute approximate surface area is 195 Å². The number of allylic oxidation sites excluding steroid dienone is 1. The lowest BCUT2D eigenvalue weighted by Crippen LogP contribution is -2.44. The molecule has 0 amide bonds. The molecule has 0 aliphatic carbocycles. The fourth-order valence-electron chi connectivity index (χ4n) is 3.85. The average molecular weight is 464 g/mol. The van der Waals surface area contributed by atoms with E-state index in [-0.39, 0.29) is 12.2 Å². The molecule has 0 radical (unpaired) electrons. The Morgan fingerprint density at radius 1 is 1.25 bits per heavy atom. The van der Waals surface area contributed by atoms with Gasteiger partial charge in [-0.1, -0.05) is 39.3 Å². The molecule has 2 N–H and O–H groups in total. The Bertz CT molecular complexity index is 841. The number of esters is 1. The molecular weight excluding hydrogens is 426 g/mol. The number of aliphatic hydroxyl groups is 2. The molecule has 4 atom stereocenters. The normalized spacial score (nSPS) is 30.0. The number of aliphatic hydroxyl groups excluding tert-OH is 2. The van der Waals surface area contributed by atoms with Crippen LogP contribution in [-0.4, -0.2) is 45.3 Å². The minimum absolute atomic E-state index is 0.246. The Hall–Kier alpha value is -1.83. The Morgan fingerprint density at radius 3 is 2.62 bits per heavy atom. The van der Waals surface area contributed by atoms with Crippen molar-refractivity contribution in [1.29, 1.82) is 0 Å². The molecule has 1 aliphatic rings. The summed E-state index contributed by atoms with van der Waals surface area (Å²) < 4.78 is 5.74. The average Bonchev–Trinajstić information content (AvgIpc) is 3.14. The van der Waals surface area contributed by atoms with Crippen LogP contribution >= 0.6 is 11.3 Å². The topological polar surface area (TPSA) is 96.7 Å². The van der Waals surface area contributed by atoms with Gasteiger partial charge in [0.2, 0.25) is 0 Å². The van der Waals surface area contributed by atoms with E-state index < -0.39 is 35.6 Å². The summed E-state index contributed by atoms with van der Waals surface area (Å²) in [6.07, 6.45) is 6.89. The monoisotopic (exact) mass is 463 g/mol. The minimum Gasteiger partial charge on any atom is -0.457 e. The number of hydrogen-bond donors (Lipinski definition) is 2. The summed E-state index contributed by atoms with van der Waals surface area (Å²) in [5, 5.41) is 24.1. The van der Waals surface area contributed by atoms with Crippen LogP contribution < -0.4 is 0 Å². The zero-order valence-corrected chi connectivity index (χ0v) is 20.7. The summed E-state index contributed by atoms with van der Waals surface area (Å²) in [6.45, 7) is 8.78. The van der Waals surface area contributed by atoms with Crippen molar-refractivity contribution in [3.05, 3.63) is 33.8 Å². The summed E-state index contributed by atoms with van der Waals surface area (Å²) in [5.74, 6) is -1.42. The molecule has 0 spiro atoms. The summed E-state index contributed by atoms with van der Waals surface area (Å²) >= 11 is 1.56. The maximum Gasteiger partial charge on any atom is 0.309 e. The Balaban J connectivity index is 2.24. The molecule has 1 unspecified atom stereocenters. The smallest absolute Gasteiger partial charge is 0.309 e. The number of hydrogen-bond acceptors (Lipinski definition) is 7. The number of thiazole rings is 1. The molecule has 0 bridgehead atoms. The second-order valence-corrected chi connectivity index (χ2v) is 10.4. The molecule has 6 nitrogen and oxygen atoms in total. The molecule has 2 rings (SSSR count). The van der Waals surface area contributed by atoms with E-state index in [9.17, 15) is 19.8 Å². The first-order valence-electron chi connectivity index (χ1n) is 11.4. The van der Waals surface area contributed by atoms with Gasteiger partial charge in [0.15, 0.2) is 0 Å². The van der Waals surface area contributed by atoms with Crippen LogP contribution in [0.5, 0.6) is 0 Å². The van der Waals surface area contributed by atoms with Gasteiger partial charge in [0.25, 0.3) is 0 Å². The van der Waals surface area contributed by atoms with Crippen LogP contribution in [0.3, 0.4) is 0 Å². The molecule has 7 heteroatoms. The van der Waals surface area contributed by atoms with Gasteiger partial charge in [-0.25, -0.2) is 4.98 Å². The molecule has 1 aliphatic heterocycles. The molecule has 0 aromatic carbocycles. The third-order valence-electron chi connectivity index (χ3n) is 6.25. The number of nitrogens with zero attached hydrogens (tertiary/aromatic N) is 1. The highest BCUT2D eigenvalue weighted by Crippen LogP contribution is 2.31. The van der Waals surface area contributed by atoms with Crippen molar-refractivity contribution < 1.29 is 24.5 Å². The number of carbonyl (C=O) groups is 2. The molecule has 0 fully saturated rings. The lowest BCUT2D eigenvalue weighted by atomic mass is 9.74. The first kappa shape index (κ1) is 26.4. The van der Waals surface area contributed by atoms with Crippen molar-refractivity contribution in [2.75, 3.05) is 0 Å². The number of ketones is 1. The van der Waals surface area contributed by atoms with Gasteiger partial charge >= 0.3 is 5.97 Å². The highest BCUT2D eigenvalue weighted by molar-refractivity contribution is 7.09. The standard InChI is InChI=1S/C25H37NO5S/c1-16(13-19-15-32-18(3)26-19)21-12-10-8-6-7-9-11-20(27)17(2)24(30)25(4,5)22(28)14-23(29)31-21/h8,10,13,15,17,20-22,27-28H,6-7,9,11-12,14H2,1-5H3/b10-8-,16-13+/t17-,20?,21+,22+/m1/s1. The zero-order chi connectivity index (χ0) is 23.9. The van der Waals surface area contributed by atoms with Crippen molar-refractivity contribution in [1.82, 2.24) is 4.98 Å². The highest BCUT2D eigenvalue weighted by Gasteiger charge is 2.41. The van der Waals surface area contributed by atoms with Crippen LogP contribution in [0.4, 0.5) is 0 Å². The van der Waals surface area contributed by atoms with Gasteiger partial charge in [-0.2, -0.15) is 0 Å². The SMILES string of the molecule is C/C(=C\c1csc(C)n1)[C@@H]1C/C=C\CCCCC(O)[C@@H](C)C(=O)C(C)(C)[C@@H](O)CC(=O)O1. The summed E-state index contributed by atoms with van der Waals surface area (Å²) in [4.78, 5) is 30.1. The summed E-state index contributed by atoms with van der Waals surface area (Å²) in [5.41, 5.74) is 0.530. The molecule has 1 aromatic rings. The van der Waals surface area contributed by atoms with E-state index in [0.29, 0.717) is 12.8 Å². The van der Waals surface area contributed by atoms with Crippen molar-refractivity contribution in [2.45, 2.75) is 91.5 Å². The van der Waals surface area contributed by atoms with Gasteiger partial charge in [-0.3, -0.25) is 9.59 Å². The first-order chi connectivity index (χ1) is 15.0. The van der Waals surface area contributed by atoms with E-state index in [1.807, 2.05) is 31.4 Å². The second-order valence-electron chi connectivity index (χ2n) is 9.31. The van der Waals surface area contributed by atoms with Gasteiger partial charge in [0.1, 0.15) is 11.9 Å². The van der Waals surface area contributed by atoms with E-state index in [1.165, 1.54) is 0 Å². The van der Waals surface area contributed by atoms with Gasteiger partial charge in [-0.15, -0.1) is 11.3 Å². The van der Waals surface area contributed by atoms with Crippen molar-refractivity contribution in [2.24, 2.45) is 11.3 Å².